The fourth-order valence-corrected chi connectivity index (χ4v) is 10.1. The highest BCUT2D eigenvalue weighted by Gasteiger charge is 2.55. The number of nitrogens with zero attached hydrogens (tertiary/aromatic N) is 2. The second kappa shape index (κ2) is 23.1. The summed E-state index contributed by atoms with van der Waals surface area (Å²) in [5.74, 6) is -4.71. The first-order valence-corrected chi connectivity index (χ1v) is 22.7. The summed E-state index contributed by atoms with van der Waals surface area (Å²) in [5.41, 5.74) is -4.23. The van der Waals surface area contributed by atoms with E-state index in [1.165, 1.54) is 21.0 Å². The van der Waals surface area contributed by atoms with Crippen LogP contribution in [0.3, 0.4) is 0 Å². The molecule has 0 amide bonds. The Morgan fingerprint density at radius 3 is 1.95 bits per heavy atom. The summed E-state index contributed by atoms with van der Waals surface area (Å²) in [4.78, 5) is 44.3. The number of hydrogen-bond acceptors (Lipinski definition) is 17. The smallest absolute Gasteiger partial charge is 0.311 e. The molecule has 63 heavy (non-hydrogen) atoms. The molecule has 2 N–H and O–H groups in total. The van der Waals surface area contributed by atoms with Crippen molar-refractivity contribution in [3.8, 4) is 0 Å². The van der Waals surface area contributed by atoms with Crippen LogP contribution in [-0.2, 0) is 61.8 Å². The maximum Gasteiger partial charge on any atom is 0.311 e. The van der Waals surface area contributed by atoms with E-state index in [0.717, 1.165) is 0 Å². The highest BCUT2D eigenvalue weighted by molar-refractivity contribution is 5.73. The van der Waals surface area contributed by atoms with Gasteiger partial charge >= 0.3 is 17.9 Å². The molecule has 368 valence electrons. The van der Waals surface area contributed by atoms with Gasteiger partial charge in [-0.1, -0.05) is 27.7 Å². The Bertz CT molecular complexity index is 1470. The minimum Gasteiger partial charge on any atom is -0.462 e. The van der Waals surface area contributed by atoms with Crippen LogP contribution in [-0.4, -0.2) is 184 Å². The van der Waals surface area contributed by atoms with E-state index in [1.807, 2.05) is 67.7 Å². The zero-order valence-electron chi connectivity index (χ0n) is 41.6. The lowest BCUT2D eigenvalue weighted by molar-refractivity contribution is -0.322. The van der Waals surface area contributed by atoms with E-state index in [4.69, 9.17) is 47.4 Å². The van der Waals surface area contributed by atoms with E-state index in [0.29, 0.717) is 13.0 Å². The lowest BCUT2D eigenvalue weighted by atomic mass is 9.73. The summed E-state index contributed by atoms with van der Waals surface area (Å²) in [6.45, 7) is 19.7. The third-order valence-electron chi connectivity index (χ3n) is 14.0. The average molecular weight is 905 g/mol. The Morgan fingerprint density at radius 1 is 0.825 bits per heavy atom. The third-order valence-corrected chi connectivity index (χ3v) is 14.0. The van der Waals surface area contributed by atoms with Gasteiger partial charge in [0.25, 0.3) is 0 Å². The van der Waals surface area contributed by atoms with Crippen LogP contribution < -0.4 is 0 Å². The van der Waals surface area contributed by atoms with E-state index in [-0.39, 0.29) is 37.8 Å². The Morgan fingerprint density at radius 2 is 1.43 bits per heavy atom. The van der Waals surface area contributed by atoms with E-state index in [9.17, 15) is 24.6 Å². The third kappa shape index (κ3) is 13.3. The zero-order valence-corrected chi connectivity index (χ0v) is 41.6. The van der Waals surface area contributed by atoms with Crippen molar-refractivity contribution in [2.75, 3.05) is 56.1 Å². The molecule has 3 saturated heterocycles. The van der Waals surface area contributed by atoms with Crippen molar-refractivity contribution in [3.05, 3.63) is 0 Å². The first-order valence-electron chi connectivity index (χ1n) is 22.7. The first kappa shape index (κ1) is 55.3. The minimum atomic E-state index is -1.97. The van der Waals surface area contributed by atoms with Crippen LogP contribution in [0.5, 0.6) is 0 Å². The topological polar surface area (TPSA) is 190 Å². The van der Waals surface area contributed by atoms with Gasteiger partial charge in [-0.3, -0.25) is 14.4 Å². The molecule has 3 heterocycles. The summed E-state index contributed by atoms with van der Waals surface area (Å²) >= 11 is 0. The van der Waals surface area contributed by atoms with Crippen molar-refractivity contribution in [3.63, 3.8) is 0 Å². The van der Waals surface area contributed by atoms with Crippen LogP contribution in [0.1, 0.15) is 108 Å². The molecule has 0 saturated carbocycles. The highest BCUT2D eigenvalue weighted by atomic mass is 16.7. The molecule has 3 rings (SSSR count). The van der Waals surface area contributed by atoms with Crippen molar-refractivity contribution >= 4 is 17.9 Å². The van der Waals surface area contributed by atoms with Crippen LogP contribution in [0.2, 0.25) is 0 Å². The number of likely N-dealkylation sites (N-methyl/N-ethyl adjacent to an activating group) is 1. The molecule has 0 aromatic rings. The minimum absolute atomic E-state index is 0.0766. The van der Waals surface area contributed by atoms with Crippen LogP contribution in [0.4, 0.5) is 0 Å². The van der Waals surface area contributed by atoms with Crippen molar-refractivity contribution in [2.45, 2.75) is 199 Å². The molecule has 17 heteroatoms. The molecule has 0 spiro atoms. The van der Waals surface area contributed by atoms with Crippen molar-refractivity contribution in [1.29, 1.82) is 0 Å². The van der Waals surface area contributed by atoms with Crippen molar-refractivity contribution in [2.24, 2.45) is 23.7 Å². The van der Waals surface area contributed by atoms with Gasteiger partial charge in [0.1, 0.15) is 29.5 Å². The molecule has 0 aliphatic carbocycles. The summed E-state index contributed by atoms with van der Waals surface area (Å²) in [7, 11) is 12.4. The molecule has 0 radical (unpaired) electrons. The predicted octanol–water partition coefficient (Wildman–Crippen LogP) is 3.96. The van der Waals surface area contributed by atoms with Crippen molar-refractivity contribution < 1.29 is 72.0 Å². The van der Waals surface area contributed by atoms with Gasteiger partial charge in [-0.05, 0) is 94.9 Å². The molecule has 0 aromatic heterocycles. The fourth-order valence-electron chi connectivity index (χ4n) is 10.1. The summed E-state index contributed by atoms with van der Waals surface area (Å²) < 4.78 is 63.9. The zero-order chi connectivity index (χ0) is 47.9. The second-order valence-electron chi connectivity index (χ2n) is 19.7. The van der Waals surface area contributed by atoms with Crippen LogP contribution >= 0.6 is 0 Å². The monoisotopic (exact) mass is 905 g/mol. The highest BCUT2D eigenvalue weighted by Crippen LogP contribution is 2.43. The molecule has 3 fully saturated rings. The number of hydrogen-bond donors (Lipinski definition) is 2. The quantitative estimate of drug-likeness (QED) is 0.188. The number of ether oxygens (including phenoxy) is 10. The molecule has 3 aliphatic rings. The summed E-state index contributed by atoms with van der Waals surface area (Å²) in [6, 6.07) is -0.0766. The van der Waals surface area contributed by atoms with Gasteiger partial charge in [0.15, 0.2) is 18.7 Å². The van der Waals surface area contributed by atoms with Crippen LogP contribution in [0.25, 0.3) is 0 Å². The molecular formula is C46H84N2O15. The maximum absolute atomic E-state index is 14.6. The fraction of sp³-hybridized carbons (Fsp3) is 0.935. The van der Waals surface area contributed by atoms with Gasteiger partial charge in [-0.2, -0.15) is 0 Å². The number of rotatable bonds is 14. The van der Waals surface area contributed by atoms with Gasteiger partial charge in [0.2, 0.25) is 0 Å². The van der Waals surface area contributed by atoms with Gasteiger partial charge in [-0.15, -0.1) is 0 Å². The number of aliphatic hydroxyl groups excluding tert-OH is 1. The number of esters is 3. The van der Waals surface area contributed by atoms with Gasteiger partial charge in [0, 0.05) is 59.1 Å². The Balaban J connectivity index is 2.31. The number of aliphatic hydroxyl groups is 2. The number of cyclic esters (lactones) is 1. The normalized spacial score (nSPS) is 43.6. The Kier molecular flexibility index (Phi) is 20.3. The Labute approximate surface area is 377 Å². The molecule has 19 atom stereocenters. The molecule has 0 unspecified atom stereocenters. The van der Waals surface area contributed by atoms with Crippen LogP contribution in [0, 0.1) is 23.7 Å². The van der Waals surface area contributed by atoms with Crippen molar-refractivity contribution in [1.82, 2.24) is 9.80 Å². The van der Waals surface area contributed by atoms with E-state index >= 15 is 0 Å². The molecular weight excluding hydrogens is 821 g/mol. The average Bonchev–Trinajstić information content (AvgIpc) is 3.21. The molecule has 0 aromatic carbocycles. The van der Waals surface area contributed by atoms with Crippen LogP contribution in [0.15, 0.2) is 0 Å². The molecule has 0 bridgehead atoms. The van der Waals surface area contributed by atoms with E-state index in [2.05, 4.69) is 4.90 Å². The number of carbonyl (C=O) groups excluding carboxylic acids is 3. The number of methoxy groups -OCH3 is 3. The van der Waals surface area contributed by atoms with E-state index in [1.54, 1.807) is 41.9 Å². The first-order chi connectivity index (χ1) is 29.2. The summed E-state index contributed by atoms with van der Waals surface area (Å²) in [6.07, 6.45) is -8.32. The largest absolute Gasteiger partial charge is 0.462 e. The second-order valence-corrected chi connectivity index (χ2v) is 19.7. The van der Waals surface area contributed by atoms with E-state index < -0.39 is 120 Å². The maximum atomic E-state index is 14.6. The lowest BCUT2D eigenvalue weighted by Crippen LogP contribution is -2.62. The summed E-state index contributed by atoms with van der Waals surface area (Å²) in [5, 5.41) is 24.2. The SMILES string of the molecule is CC[C@H]1OC(=O)[C@H](C)[C@@H](O[C@H]2C[C@@](C)(OC)[C@@H](OC(C)=O)[C@H](C)O2)[C@H](C)[C@@H](O[C@@H]2O[C@H](C)C[C@H](N(C)C)[C@H]2OC)[C@@](C)(OC)C[C@@H](C)[C@H](OC(=O)CCN(C)C)[C@H](C)[C@@H](O)[C@]1(C)O. The molecule has 17 nitrogen and oxygen atoms in total. The standard InChI is InChI=1S/C46H84N2O15/c1-19-33-46(11,53)39(51)27(4)36(61-34(50)20-21-47(12)13)25(2)23-44(9,55-17)40(63-43-38(54-16)32(48(14)15)22-26(3)57-43)28(5)37(29(6)42(52)60-33)62-35-24-45(10,56-18)41(30(7)58-35)59-31(8)49/h25-30,32-33,35-41,43,51,53H,19-24H2,1-18H3/t25-,26-,27+,28+,29-,30+,32+,33-,35+,36+,37+,38-,39-,40-,41+,43+,44+,45-,46-/m1/s1. The predicted molar refractivity (Wildman–Crippen MR) is 233 cm³/mol. The van der Waals surface area contributed by atoms with Gasteiger partial charge in [0.05, 0.1) is 48.5 Å². The van der Waals surface area contributed by atoms with Gasteiger partial charge in [-0.25, -0.2) is 0 Å². The van der Waals surface area contributed by atoms with Gasteiger partial charge < -0.3 is 67.4 Å². The Hall–Kier alpha value is -2.03. The molecule has 3 aliphatic heterocycles. The number of carbonyl (C=O) groups is 3. The lowest BCUT2D eigenvalue weighted by Gasteiger charge is -2.51.